The second kappa shape index (κ2) is 5.22. The minimum atomic E-state index is -0.616. The summed E-state index contributed by atoms with van der Waals surface area (Å²) in [5.74, 6) is -0.355. The Hall–Kier alpha value is -0.570. The highest BCUT2D eigenvalue weighted by atomic mass is 16.4. The van der Waals surface area contributed by atoms with E-state index >= 15 is 0 Å². The van der Waals surface area contributed by atoms with Crippen LogP contribution in [0.3, 0.4) is 0 Å². The maximum absolute atomic E-state index is 10.9. The fourth-order valence-electron chi connectivity index (χ4n) is 2.16. The zero-order chi connectivity index (χ0) is 9.68. The minimum absolute atomic E-state index is 0.125. The maximum Gasteiger partial charge on any atom is 0.306 e. The molecule has 1 heterocycles. The highest BCUT2D eigenvalue weighted by Gasteiger charge is 2.26. The van der Waals surface area contributed by atoms with Crippen LogP contribution in [-0.4, -0.2) is 24.2 Å². The normalized spacial score (nSPS) is 26.4. The van der Waals surface area contributed by atoms with Gasteiger partial charge in [-0.15, -0.1) is 0 Å². The van der Waals surface area contributed by atoms with Gasteiger partial charge in [-0.1, -0.05) is 6.92 Å². The van der Waals surface area contributed by atoms with Crippen LogP contribution in [-0.2, 0) is 4.79 Å². The first-order valence-corrected chi connectivity index (χ1v) is 5.19. The van der Waals surface area contributed by atoms with Gasteiger partial charge < -0.3 is 10.4 Å². The molecule has 2 unspecified atom stereocenters. The molecule has 1 saturated heterocycles. The molecule has 1 rings (SSSR count). The highest BCUT2D eigenvalue weighted by molar-refractivity contribution is 5.70. The molecule has 0 bridgehead atoms. The Bertz CT molecular complexity index is 162. The smallest absolute Gasteiger partial charge is 0.306 e. The lowest BCUT2D eigenvalue weighted by Gasteiger charge is -2.20. The molecule has 0 radical (unpaired) electrons. The predicted octanol–water partition coefficient (Wildman–Crippen LogP) is 1.49. The summed E-state index contributed by atoms with van der Waals surface area (Å²) in [5.41, 5.74) is 0. The number of hydrogen-bond acceptors (Lipinski definition) is 2. The van der Waals surface area contributed by atoms with Crippen LogP contribution >= 0.6 is 0 Å². The van der Waals surface area contributed by atoms with Crippen LogP contribution in [0.25, 0.3) is 0 Å². The van der Waals surface area contributed by atoms with Gasteiger partial charge in [0.1, 0.15) is 0 Å². The summed E-state index contributed by atoms with van der Waals surface area (Å²) >= 11 is 0. The molecular weight excluding hydrogens is 166 g/mol. The third-order valence-electron chi connectivity index (χ3n) is 2.95. The van der Waals surface area contributed by atoms with Crippen LogP contribution in [0.4, 0.5) is 0 Å². The van der Waals surface area contributed by atoms with Gasteiger partial charge in [-0.3, -0.25) is 4.79 Å². The molecule has 0 aromatic rings. The lowest BCUT2D eigenvalue weighted by atomic mass is 9.85. The van der Waals surface area contributed by atoms with Crippen LogP contribution in [0.15, 0.2) is 0 Å². The molecule has 0 amide bonds. The van der Waals surface area contributed by atoms with Crippen LogP contribution in [0.1, 0.15) is 32.6 Å². The van der Waals surface area contributed by atoms with Gasteiger partial charge in [0.2, 0.25) is 0 Å². The van der Waals surface area contributed by atoms with Crippen molar-refractivity contribution in [3.63, 3.8) is 0 Å². The quantitative estimate of drug-likeness (QED) is 0.700. The topological polar surface area (TPSA) is 49.3 Å². The van der Waals surface area contributed by atoms with Gasteiger partial charge in [-0.2, -0.15) is 0 Å². The number of hydrogen-bond donors (Lipinski definition) is 2. The molecule has 76 valence electrons. The SMILES string of the molecule is CCC(C(=O)O)C1CCCNCC1. The van der Waals surface area contributed by atoms with E-state index in [0.29, 0.717) is 5.92 Å². The van der Waals surface area contributed by atoms with Crippen molar-refractivity contribution >= 4 is 5.97 Å². The van der Waals surface area contributed by atoms with Gasteiger partial charge in [0.05, 0.1) is 5.92 Å². The first-order valence-electron chi connectivity index (χ1n) is 5.19. The van der Waals surface area contributed by atoms with Gasteiger partial charge in [-0.25, -0.2) is 0 Å². The van der Waals surface area contributed by atoms with E-state index in [1.54, 1.807) is 0 Å². The fraction of sp³-hybridized carbons (Fsp3) is 0.900. The minimum Gasteiger partial charge on any atom is -0.481 e. The Morgan fingerprint density at radius 1 is 1.54 bits per heavy atom. The second-order valence-corrected chi connectivity index (χ2v) is 3.79. The van der Waals surface area contributed by atoms with E-state index in [1.807, 2.05) is 6.92 Å². The third-order valence-corrected chi connectivity index (χ3v) is 2.95. The molecule has 2 N–H and O–H groups in total. The fourth-order valence-corrected chi connectivity index (χ4v) is 2.16. The van der Waals surface area contributed by atoms with Crippen molar-refractivity contribution in [2.75, 3.05) is 13.1 Å². The van der Waals surface area contributed by atoms with E-state index in [0.717, 1.165) is 38.8 Å². The highest BCUT2D eigenvalue weighted by Crippen LogP contribution is 2.25. The number of carboxylic acids is 1. The molecule has 13 heavy (non-hydrogen) atoms. The average Bonchev–Trinajstić information content (AvgIpc) is 2.33. The molecule has 2 atom stereocenters. The Morgan fingerprint density at radius 2 is 2.31 bits per heavy atom. The second-order valence-electron chi connectivity index (χ2n) is 3.79. The van der Waals surface area contributed by atoms with E-state index in [2.05, 4.69) is 5.32 Å². The Morgan fingerprint density at radius 3 is 2.92 bits per heavy atom. The van der Waals surface area contributed by atoms with E-state index in [4.69, 9.17) is 5.11 Å². The first-order chi connectivity index (χ1) is 6.25. The van der Waals surface area contributed by atoms with Crippen molar-refractivity contribution < 1.29 is 9.90 Å². The molecule has 1 fully saturated rings. The molecule has 1 aliphatic heterocycles. The van der Waals surface area contributed by atoms with Crippen LogP contribution < -0.4 is 5.32 Å². The number of nitrogens with one attached hydrogen (secondary N) is 1. The molecule has 0 aromatic carbocycles. The van der Waals surface area contributed by atoms with Gasteiger partial charge in [0, 0.05) is 0 Å². The molecule has 1 aliphatic rings. The van der Waals surface area contributed by atoms with E-state index < -0.39 is 5.97 Å². The largest absolute Gasteiger partial charge is 0.481 e. The number of rotatable bonds is 3. The summed E-state index contributed by atoms with van der Waals surface area (Å²) < 4.78 is 0. The number of aliphatic carboxylic acids is 1. The lowest BCUT2D eigenvalue weighted by Crippen LogP contribution is -2.24. The van der Waals surface area contributed by atoms with Gasteiger partial charge in [0.15, 0.2) is 0 Å². The summed E-state index contributed by atoms with van der Waals surface area (Å²) in [6.07, 6.45) is 3.97. The van der Waals surface area contributed by atoms with E-state index in [1.165, 1.54) is 0 Å². The summed E-state index contributed by atoms with van der Waals surface area (Å²) in [6, 6.07) is 0. The van der Waals surface area contributed by atoms with Gasteiger partial charge >= 0.3 is 5.97 Å². The zero-order valence-electron chi connectivity index (χ0n) is 8.25. The van der Waals surface area contributed by atoms with Crippen molar-refractivity contribution in [1.82, 2.24) is 5.32 Å². The summed E-state index contributed by atoms with van der Waals surface area (Å²) in [7, 11) is 0. The molecule has 0 aliphatic carbocycles. The van der Waals surface area contributed by atoms with Gasteiger partial charge in [-0.05, 0) is 44.7 Å². The van der Waals surface area contributed by atoms with E-state index in [-0.39, 0.29) is 5.92 Å². The first kappa shape index (κ1) is 10.5. The molecule has 3 nitrogen and oxygen atoms in total. The van der Waals surface area contributed by atoms with Crippen molar-refractivity contribution in [3.8, 4) is 0 Å². The average molecular weight is 185 g/mol. The van der Waals surface area contributed by atoms with Crippen molar-refractivity contribution in [3.05, 3.63) is 0 Å². The Kier molecular flexibility index (Phi) is 4.22. The third kappa shape index (κ3) is 2.99. The maximum atomic E-state index is 10.9. The lowest BCUT2D eigenvalue weighted by molar-refractivity contribution is -0.144. The molecule has 0 saturated carbocycles. The molecule has 0 spiro atoms. The van der Waals surface area contributed by atoms with Gasteiger partial charge in [0.25, 0.3) is 0 Å². The summed E-state index contributed by atoms with van der Waals surface area (Å²) in [5, 5.41) is 12.3. The van der Waals surface area contributed by atoms with Crippen molar-refractivity contribution in [1.29, 1.82) is 0 Å². The van der Waals surface area contributed by atoms with Crippen LogP contribution in [0, 0.1) is 11.8 Å². The van der Waals surface area contributed by atoms with Crippen molar-refractivity contribution in [2.24, 2.45) is 11.8 Å². The zero-order valence-corrected chi connectivity index (χ0v) is 8.25. The number of carbonyl (C=O) groups is 1. The molecule has 0 aromatic heterocycles. The van der Waals surface area contributed by atoms with Crippen LogP contribution in [0.2, 0.25) is 0 Å². The van der Waals surface area contributed by atoms with E-state index in [9.17, 15) is 4.79 Å². The Balaban J connectivity index is 2.50. The van der Waals surface area contributed by atoms with Crippen molar-refractivity contribution in [2.45, 2.75) is 32.6 Å². The summed E-state index contributed by atoms with van der Waals surface area (Å²) in [6.45, 7) is 4.00. The standard InChI is InChI=1S/C10H19NO2/c1-2-9(10(12)13)8-4-3-6-11-7-5-8/h8-9,11H,2-7H2,1H3,(H,12,13). The predicted molar refractivity (Wildman–Crippen MR) is 51.6 cm³/mol. The number of carboxylic acid groups (broad SMARTS) is 1. The Labute approximate surface area is 79.5 Å². The van der Waals surface area contributed by atoms with Crippen LogP contribution in [0.5, 0.6) is 0 Å². The summed E-state index contributed by atoms with van der Waals surface area (Å²) in [4.78, 5) is 10.9. The molecular formula is C10H19NO2. The molecule has 3 heteroatoms. The monoisotopic (exact) mass is 185 g/mol.